The number of carbonyl (C=O) groups is 1. The number of aromatic nitrogens is 3. The number of oxazole rings is 1. The van der Waals surface area contributed by atoms with Crippen molar-refractivity contribution in [2.75, 3.05) is 0 Å². The topological polar surface area (TPSA) is 73.0 Å². The number of para-hydroxylation sites is 2. The number of aryl methyl sites for hydroxylation is 1. The van der Waals surface area contributed by atoms with Crippen LogP contribution >= 0.6 is 27.5 Å². The predicted octanol–water partition coefficient (Wildman–Crippen LogP) is 6.35. The first kappa shape index (κ1) is 22.4. The number of benzene rings is 3. The quantitative estimate of drug-likeness (QED) is 0.264. The van der Waals surface area contributed by atoms with Crippen LogP contribution in [0.1, 0.15) is 17.7 Å². The lowest BCUT2D eigenvalue weighted by Crippen LogP contribution is -2.22. The minimum absolute atomic E-state index is 0.0593. The Hall–Kier alpha value is -3.42. The first-order chi connectivity index (χ1) is 16.6. The third-order valence-corrected chi connectivity index (χ3v) is 6.23. The highest BCUT2D eigenvalue weighted by Crippen LogP contribution is 2.29. The van der Waals surface area contributed by atoms with Crippen LogP contribution in [0.3, 0.4) is 0 Å². The van der Waals surface area contributed by atoms with Crippen molar-refractivity contribution in [1.82, 2.24) is 19.9 Å². The van der Waals surface area contributed by atoms with Gasteiger partial charge in [-0.15, -0.1) is 0 Å². The average Bonchev–Trinajstić information content (AvgIpc) is 3.47. The SMILES string of the molecule is O=C(CCc1oc(-n2cnc3ccccc32)nc1-c1ccc(Cl)cc1)NCc1ccc(Br)cc1. The van der Waals surface area contributed by atoms with Crippen LogP contribution in [-0.2, 0) is 17.8 Å². The standard InChI is InChI=1S/C26H20BrClN4O2/c27-19-9-5-17(6-10-19)15-29-24(33)14-13-23-25(18-7-11-20(28)12-8-18)31-26(34-23)32-16-30-21-3-1-2-4-22(21)32/h1-12,16H,13-15H2,(H,29,33). The third kappa shape index (κ3) is 4.90. The first-order valence-corrected chi connectivity index (χ1v) is 11.9. The fourth-order valence-electron chi connectivity index (χ4n) is 3.68. The van der Waals surface area contributed by atoms with Crippen molar-refractivity contribution in [2.45, 2.75) is 19.4 Å². The second-order valence-corrected chi connectivity index (χ2v) is 9.13. The number of nitrogens with zero attached hydrogens (tertiary/aromatic N) is 3. The molecule has 2 heterocycles. The molecular formula is C26H20BrClN4O2. The van der Waals surface area contributed by atoms with E-state index in [9.17, 15) is 4.79 Å². The molecular weight excluding hydrogens is 516 g/mol. The summed E-state index contributed by atoms with van der Waals surface area (Å²) >= 11 is 9.49. The van der Waals surface area contributed by atoms with E-state index in [1.54, 1.807) is 6.33 Å². The van der Waals surface area contributed by atoms with Gasteiger partial charge in [0.1, 0.15) is 17.8 Å². The summed E-state index contributed by atoms with van der Waals surface area (Å²) in [7, 11) is 0. The molecule has 0 saturated heterocycles. The molecule has 1 N–H and O–H groups in total. The van der Waals surface area contributed by atoms with Gasteiger partial charge >= 0.3 is 6.01 Å². The van der Waals surface area contributed by atoms with Crippen LogP contribution in [0, 0.1) is 0 Å². The molecule has 0 atom stereocenters. The maximum absolute atomic E-state index is 12.5. The number of fused-ring (bicyclic) bond motifs is 1. The van der Waals surface area contributed by atoms with Crippen molar-refractivity contribution in [1.29, 1.82) is 0 Å². The largest absolute Gasteiger partial charge is 0.427 e. The van der Waals surface area contributed by atoms with Gasteiger partial charge in [0, 0.05) is 34.4 Å². The first-order valence-electron chi connectivity index (χ1n) is 10.8. The smallest absolute Gasteiger partial charge is 0.308 e. The molecule has 170 valence electrons. The Labute approximate surface area is 209 Å². The monoisotopic (exact) mass is 534 g/mol. The van der Waals surface area contributed by atoms with Gasteiger partial charge in [-0.1, -0.05) is 63.9 Å². The van der Waals surface area contributed by atoms with E-state index in [0.29, 0.717) is 35.5 Å². The molecule has 0 spiro atoms. The van der Waals surface area contributed by atoms with Gasteiger partial charge < -0.3 is 9.73 Å². The maximum Gasteiger partial charge on any atom is 0.308 e. The summed E-state index contributed by atoms with van der Waals surface area (Å²) in [6, 6.07) is 23.5. The molecule has 1 amide bonds. The van der Waals surface area contributed by atoms with E-state index in [1.165, 1.54) is 0 Å². The van der Waals surface area contributed by atoms with E-state index in [1.807, 2.05) is 77.4 Å². The molecule has 5 aromatic rings. The van der Waals surface area contributed by atoms with Gasteiger partial charge in [0.2, 0.25) is 5.91 Å². The van der Waals surface area contributed by atoms with Crippen LogP contribution in [0.4, 0.5) is 0 Å². The van der Waals surface area contributed by atoms with Crippen molar-refractivity contribution < 1.29 is 9.21 Å². The number of nitrogens with one attached hydrogen (secondary N) is 1. The fourth-order valence-corrected chi connectivity index (χ4v) is 4.07. The van der Waals surface area contributed by atoms with Gasteiger partial charge in [0.15, 0.2) is 0 Å². The number of hydrogen-bond acceptors (Lipinski definition) is 4. The lowest BCUT2D eigenvalue weighted by molar-refractivity contribution is -0.121. The molecule has 0 aliphatic carbocycles. The van der Waals surface area contributed by atoms with Crippen molar-refractivity contribution >= 4 is 44.5 Å². The zero-order chi connectivity index (χ0) is 23.5. The molecule has 5 rings (SSSR count). The Bertz CT molecular complexity index is 1440. The Kier molecular flexibility index (Phi) is 6.47. The number of carbonyl (C=O) groups excluding carboxylic acids is 1. The number of rotatable bonds is 7. The Morgan fingerprint density at radius 1 is 1.03 bits per heavy atom. The summed E-state index contributed by atoms with van der Waals surface area (Å²) in [6.07, 6.45) is 2.37. The van der Waals surface area contributed by atoms with Gasteiger partial charge in [0.05, 0.1) is 11.0 Å². The lowest BCUT2D eigenvalue weighted by Gasteiger charge is -2.06. The van der Waals surface area contributed by atoms with E-state index >= 15 is 0 Å². The normalized spacial score (nSPS) is 11.1. The summed E-state index contributed by atoms with van der Waals surface area (Å²) in [4.78, 5) is 21.7. The van der Waals surface area contributed by atoms with Gasteiger partial charge in [-0.25, -0.2) is 4.98 Å². The van der Waals surface area contributed by atoms with E-state index in [4.69, 9.17) is 21.0 Å². The Balaban J connectivity index is 1.38. The molecule has 0 bridgehead atoms. The van der Waals surface area contributed by atoms with E-state index in [-0.39, 0.29) is 12.3 Å². The number of imidazole rings is 1. The number of amides is 1. The highest BCUT2D eigenvalue weighted by Gasteiger charge is 2.19. The summed E-state index contributed by atoms with van der Waals surface area (Å²) in [5.74, 6) is 0.574. The van der Waals surface area contributed by atoms with Gasteiger partial charge in [0.25, 0.3) is 0 Å². The molecule has 3 aromatic carbocycles. The zero-order valence-electron chi connectivity index (χ0n) is 18.0. The molecule has 6 nitrogen and oxygen atoms in total. The number of halogens is 2. The van der Waals surface area contributed by atoms with Gasteiger partial charge in [-0.2, -0.15) is 4.98 Å². The second-order valence-electron chi connectivity index (χ2n) is 7.78. The summed E-state index contributed by atoms with van der Waals surface area (Å²) in [5.41, 5.74) is 4.33. The van der Waals surface area contributed by atoms with Crippen LogP contribution in [0.15, 0.2) is 88.0 Å². The maximum atomic E-state index is 12.5. The van der Waals surface area contributed by atoms with Crippen molar-refractivity contribution in [3.05, 3.63) is 99.9 Å². The van der Waals surface area contributed by atoms with Gasteiger partial charge in [-0.05, 0) is 42.0 Å². The van der Waals surface area contributed by atoms with E-state index in [0.717, 1.165) is 26.6 Å². The van der Waals surface area contributed by atoms with Crippen molar-refractivity contribution in [3.63, 3.8) is 0 Å². The van der Waals surface area contributed by atoms with Crippen molar-refractivity contribution in [3.8, 4) is 17.3 Å². The third-order valence-electron chi connectivity index (χ3n) is 5.45. The second kappa shape index (κ2) is 9.83. The van der Waals surface area contributed by atoms with Crippen LogP contribution in [-0.4, -0.2) is 20.4 Å². The fraction of sp³-hybridized carbons (Fsp3) is 0.115. The highest BCUT2D eigenvalue weighted by molar-refractivity contribution is 9.10. The molecule has 0 aliphatic heterocycles. The van der Waals surface area contributed by atoms with Crippen LogP contribution < -0.4 is 5.32 Å². The molecule has 0 aliphatic rings. The minimum atomic E-state index is -0.0593. The zero-order valence-corrected chi connectivity index (χ0v) is 20.4. The summed E-state index contributed by atoms with van der Waals surface area (Å²) in [5, 5.41) is 3.61. The van der Waals surface area contributed by atoms with Crippen LogP contribution in [0.5, 0.6) is 0 Å². The van der Waals surface area contributed by atoms with Crippen molar-refractivity contribution in [2.24, 2.45) is 0 Å². The number of hydrogen-bond donors (Lipinski definition) is 1. The molecule has 0 fully saturated rings. The summed E-state index contributed by atoms with van der Waals surface area (Å²) < 4.78 is 8.99. The average molecular weight is 536 g/mol. The highest BCUT2D eigenvalue weighted by atomic mass is 79.9. The van der Waals surface area contributed by atoms with E-state index < -0.39 is 0 Å². The summed E-state index contributed by atoms with van der Waals surface area (Å²) in [6.45, 7) is 0.471. The van der Waals surface area contributed by atoms with E-state index in [2.05, 4.69) is 26.2 Å². The molecule has 34 heavy (non-hydrogen) atoms. The van der Waals surface area contributed by atoms with Gasteiger partial charge in [-0.3, -0.25) is 9.36 Å². The van der Waals surface area contributed by atoms with Crippen LogP contribution in [0.2, 0.25) is 5.02 Å². The molecule has 8 heteroatoms. The Morgan fingerprint density at radius 3 is 2.59 bits per heavy atom. The van der Waals surface area contributed by atoms with Crippen LogP contribution in [0.25, 0.3) is 28.3 Å². The molecule has 0 unspecified atom stereocenters. The molecule has 2 aromatic heterocycles. The predicted molar refractivity (Wildman–Crippen MR) is 136 cm³/mol. The lowest BCUT2D eigenvalue weighted by atomic mass is 10.1. The molecule has 0 radical (unpaired) electrons. The molecule has 0 saturated carbocycles. The Morgan fingerprint density at radius 2 is 1.79 bits per heavy atom. The minimum Gasteiger partial charge on any atom is -0.427 e.